The van der Waals surface area contributed by atoms with Crippen LogP contribution in [0.5, 0.6) is 5.75 Å². The molecule has 0 unspecified atom stereocenters. The molecule has 0 saturated carbocycles. The van der Waals surface area contributed by atoms with Gasteiger partial charge in [0.25, 0.3) is 0 Å². The average Bonchev–Trinajstić information content (AvgIpc) is 2.01. The van der Waals surface area contributed by atoms with Gasteiger partial charge in [-0.05, 0) is 37.9 Å². The molecule has 66 valence electrons. The second-order valence-electron chi connectivity index (χ2n) is 1.95. The van der Waals surface area contributed by atoms with Crippen LogP contribution in [0.3, 0.4) is 0 Å². The van der Waals surface area contributed by atoms with Gasteiger partial charge in [0.1, 0.15) is 11.6 Å². The Morgan fingerprint density at radius 1 is 1.25 bits per heavy atom. The van der Waals surface area contributed by atoms with E-state index in [-0.39, 0.29) is 5.75 Å². The fourth-order valence-electron chi connectivity index (χ4n) is 0.674. The van der Waals surface area contributed by atoms with Crippen molar-refractivity contribution in [3.05, 3.63) is 26.9 Å². The molecule has 0 saturated heterocycles. The molecule has 0 radical (unpaired) electrons. The van der Waals surface area contributed by atoms with Crippen molar-refractivity contribution in [1.29, 1.82) is 0 Å². The first kappa shape index (κ1) is 9.92. The average molecular weight is 302 g/mol. The molecule has 0 N–H and O–H groups in total. The van der Waals surface area contributed by atoms with Gasteiger partial charge in [-0.2, -0.15) is 0 Å². The number of ether oxygens (including phenoxy) is 1. The lowest BCUT2D eigenvalue weighted by Crippen LogP contribution is -1.92. The van der Waals surface area contributed by atoms with Crippen molar-refractivity contribution < 1.29 is 13.5 Å². The van der Waals surface area contributed by atoms with Gasteiger partial charge < -0.3 is 4.74 Å². The van der Waals surface area contributed by atoms with Crippen LogP contribution < -0.4 is 4.74 Å². The number of benzene rings is 1. The smallest absolute Gasteiger partial charge is 0.228 e. The predicted molar refractivity (Wildman–Crippen MR) is 48.4 cm³/mol. The minimum atomic E-state index is -0.973. The van der Waals surface area contributed by atoms with Gasteiger partial charge in [0.05, 0.1) is 8.95 Å². The molecule has 1 aromatic rings. The van der Waals surface area contributed by atoms with Crippen LogP contribution in [0.2, 0.25) is 0 Å². The van der Waals surface area contributed by atoms with E-state index in [2.05, 4.69) is 36.6 Å². The van der Waals surface area contributed by atoms with Crippen molar-refractivity contribution in [1.82, 2.24) is 0 Å². The molecular formula is C7H4Br2F2O. The highest BCUT2D eigenvalue weighted by molar-refractivity contribution is 9.11. The molecule has 0 aliphatic carbocycles. The molecule has 1 rings (SSSR count). The molecule has 0 heterocycles. The second-order valence-corrected chi connectivity index (χ2v) is 3.66. The molecule has 5 heteroatoms. The lowest BCUT2D eigenvalue weighted by atomic mass is 10.3. The summed E-state index contributed by atoms with van der Waals surface area (Å²) in [6, 6.07) is 2.56. The Balaban J connectivity index is 3.05. The highest BCUT2D eigenvalue weighted by Crippen LogP contribution is 2.30. The highest BCUT2D eigenvalue weighted by atomic mass is 79.9. The first-order chi connectivity index (χ1) is 5.65. The number of hydrogen-bond donors (Lipinski definition) is 0. The van der Waals surface area contributed by atoms with Crippen LogP contribution in [0.25, 0.3) is 0 Å². The molecule has 0 aliphatic heterocycles. The standard InChI is InChI=1S/C7H4Br2F2O/c8-4-1-5(9)7(12-3-10)2-6(4)11/h1-2H,3H2. The van der Waals surface area contributed by atoms with Crippen molar-refractivity contribution >= 4 is 31.9 Å². The lowest BCUT2D eigenvalue weighted by molar-refractivity contribution is 0.190. The van der Waals surface area contributed by atoms with Gasteiger partial charge in [0.2, 0.25) is 6.86 Å². The highest BCUT2D eigenvalue weighted by Gasteiger charge is 2.06. The van der Waals surface area contributed by atoms with Crippen LogP contribution in [0.1, 0.15) is 0 Å². The van der Waals surface area contributed by atoms with Gasteiger partial charge in [-0.15, -0.1) is 0 Å². The van der Waals surface area contributed by atoms with Crippen molar-refractivity contribution in [2.24, 2.45) is 0 Å². The predicted octanol–water partition coefficient (Wildman–Crippen LogP) is 3.66. The fourth-order valence-corrected chi connectivity index (χ4v) is 1.78. The summed E-state index contributed by atoms with van der Waals surface area (Å²) in [6.45, 7) is -0.973. The second kappa shape index (κ2) is 4.18. The molecule has 1 nitrogen and oxygen atoms in total. The van der Waals surface area contributed by atoms with E-state index in [9.17, 15) is 8.78 Å². The number of hydrogen-bond acceptors (Lipinski definition) is 1. The minimum Gasteiger partial charge on any atom is -0.462 e. The van der Waals surface area contributed by atoms with E-state index < -0.39 is 12.7 Å². The van der Waals surface area contributed by atoms with Gasteiger partial charge in [-0.3, -0.25) is 0 Å². The third-order valence-corrected chi connectivity index (χ3v) is 2.41. The Morgan fingerprint density at radius 2 is 1.92 bits per heavy atom. The third kappa shape index (κ3) is 2.17. The van der Waals surface area contributed by atoms with E-state index in [1.54, 1.807) is 0 Å². The van der Waals surface area contributed by atoms with E-state index in [0.29, 0.717) is 8.95 Å². The van der Waals surface area contributed by atoms with Crippen LogP contribution in [-0.2, 0) is 0 Å². The summed E-state index contributed by atoms with van der Waals surface area (Å²) in [5.41, 5.74) is 0. The maximum Gasteiger partial charge on any atom is 0.228 e. The van der Waals surface area contributed by atoms with Crippen molar-refractivity contribution in [2.45, 2.75) is 0 Å². The Hall–Kier alpha value is -0.160. The van der Waals surface area contributed by atoms with Gasteiger partial charge >= 0.3 is 0 Å². The number of halogens is 4. The summed E-state index contributed by atoms with van der Waals surface area (Å²) >= 11 is 6.07. The molecule has 1 aromatic carbocycles. The molecule has 12 heavy (non-hydrogen) atoms. The topological polar surface area (TPSA) is 9.23 Å². The van der Waals surface area contributed by atoms with Gasteiger partial charge in [0, 0.05) is 6.07 Å². The minimum absolute atomic E-state index is 0.151. The van der Waals surface area contributed by atoms with Crippen molar-refractivity contribution in [3.8, 4) is 5.75 Å². The van der Waals surface area contributed by atoms with Crippen LogP contribution in [-0.4, -0.2) is 6.86 Å². The van der Waals surface area contributed by atoms with Crippen LogP contribution in [0.4, 0.5) is 8.78 Å². The molecule has 0 atom stereocenters. The van der Waals surface area contributed by atoms with Gasteiger partial charge in [-0.1, -0.05) is 0 Å². The zero-order chi connectivity index (χ0) is 9.14. The van der Waals surface area contributed by atoms with Crippen molar-refractivity contribution in [3.63, 3.8) is 0 Å². The van der Waals surface area contributed by atoms with Crippen LogP contribution in [0.15, 0.2) is 21.1 Å². The zero-order valence-electron chi connectivity index (χ0n) is 5.78. The Bertz CT molecular complexity index is 291. The summed E-state index contributed by atoms with van der Waals surface area (Å²) in [5.74, 6) is -0.333. The first-order valence-corrected chi connectivity index (χ1v) is 4.57. The van der Waals surface area contributed by atoms with Crippen molar-refractivity contribution in [2.75, 3.05) is 6.86 Å². The third-order valence-electron chi connectivity index (χ3n) is 1.18. The monoisotopic (exact) mass is 300 g/mol. The first-order valence-electron chi connectivity index (χ1n) is 2.98. The SMILES string of the molecule is FCOc1cc(F)c(Br)cc1Br. The molecular weight excluding hydrogens is 298 g/mol. The van der Waals surface area contributed by atoms with E-state index in [4.69, 9.17) is 0 Å². The van der Waals surface area contributed by atoms with E-state index in [0.717, 1.165) is 6.07 Å². The normalized spacial score (nSPS) is 10.0. The van der Waals surface area contributed by atoms with Gasteiger partial charge in [-0.25, -0.2) is 8.78 Å². The molecule has 0 aliphatic rings. The largest absolute Gasteiger partial charge is 0.462 e. The molecule has 0 aromatic heterocycles. The zero-order valence-corrected chi connectivity index (χ0v) is 8.95. The molecule has 0 bridgehead atoms. The van der Waals surface area contributed by atoms with Crippen LogP contribution >= 0.6 is 31.9 Å². The maximum absolute atomic E-state index is 12.8. The van der Waals surface area contributed by atoms with Gasteiger partial charge in [0.15, 0.2) is 0 Å². The lowest BCUT2D eigenvalue weighted by Gasteiger charge is -2.04. The molecule has 0 fully saturated rings. The summed E-state index contributed by atoms with van der Waals surface area (Å²) in [4.78, 5) is 0. The summed E-state index contributed by atoms with van der Waals surface area (Å²) < 4.78 is 29.8. The maximum atomic E-state index is 12.8. The Kier molecular flexibility index (Phi) is 3.46. The number of alkyl halides is 1. The quantitative estimate of drug-likeness (QED) is 0.758. The van der Waals surface area contributed by atoms with E-state index in [1.165, 1.54) is 6.07 Å². The number of rotatable bonds is 2. The van der Waals surface area contributed by atoms with Crippen LogP contribution in [0, 0.1) is 5.82 Å². The summed E-state index contributed by atoms with van der Waals surface area (Å²) in [6.07, 6.45) is 0. The fraction of sp³-hybridized carbons (Fsp3) is 0.143. The molecule has 0 amide bonds. The van der Waals surface area contributed by atoms with E-state index >= 15 is 0 Å². The molecule has 0 spiro atoms. The Morgan fingerprint density at radius 3 is 2.50 bits per heavy atom. The van der Waals surface area contributed by atoms with E-state index in [1.807, 2.05) is 0 Å². The summed E-state index contributed by atoms with van der Waals surface area (Å²) in [7, 11) is 0. The summed E-state index contributed by atoms with van der Waals surface area (Å²) in [5, 5.41) is 0. The Labute approximate surface area is 85.0 Å².